The summed E-state index contributed by atoms with van der Waals surface area (Å²) in [6, 6.07) is 8.31. The van der Waals surface area contributed by atoms with Crippen LogP contribution in [0.4, 0.5) is 15.8 Å². The maximum atomic E-state index is 12.8. The summed E-state index contributed by atoms with van der Waals surface area (Å²) in [5.74, 6) is -0.552. The van der Waals surface area contributed by atoms with E-state index >= 15 is 0 Å². The van der Waals surface area contributed by atoms with Gasteiger partial charge in [-0.1, -0.05) is 17.3 Å². The molecule has 0 atom stereocenters. The van der Waals surface area contributed by atoms with Crippen molar-refractivity contribution in [3.05, 3.63) is 74.1 Å². The van der Waals surface area contributed by atoms with E-state index in [1.54, 1.807) is 6.92 Å². The average molecular weight is 319 g/mol. The number of nitro groups is 2. The van der Waals surface area contributed by atoms with Crippen LogP contribution in [0.2, 0.25) is 0 Å². The van der Waals surface area contributed by atoms with Gasteiger partial charge in [-0.3, -0.25) is 20.2 Å². The summed E-state index contributed by atoms with van der Waals surface area (Å²) >= 11 is 0. The van der Waals surface area contributed by atoms with Gasteiger partial charge in [-0.2, -0.15) is 0 Å². The molecule has 0 radical (unpaired) electrons. The molecule has 0 heterocycles. The van der Waals surface area contributed by atoms with Gasteiger partial charge in [0.2, 0.25) is 0 Å². The first kappa shape index (κ1) is 16.0. The Balaban J connectivity index is 2.28. The third kappa shape index (κ3) is 4.06. The van der Waals surface area contributed by atoms with Crippen LogP contribution in [0.3, 0.4) is 0 Å². The zero-order valence-corrected chi connectivity index (χ0v) is 11.8. The minimum absolute atomic E-state index is 0.146. The molecule has 2 aromatic rings. The summed E-state index contributed by atoms with van der Waals surface area (Å²) in [6.45, 7) is 1.58. The van der Waals surface area contributed by atoms with E-state index in [1.807, 2.05) is 0 Å². The summed E-state index contributed by atoms with van der Waals surface area (Å²) < 4.78 is 12.8. The van der Waals surface area contributed by atoms with Gasteiger partial charge >= 0.3 is 0 Å². The van der Waals surface area contributed by atoms with Crippen LogP contribution in [0, 0.1) is 26.0 Å². The predicted molar refractivity (Wildman–Crippen MR) is 79.0 cm³/mol. The lowest BCUT2D eigenvalue weighted by Gasteiger charge is -2.02. The molecule has 23 heavy (non-hydrogen) atoms. The largest absolute Gasteiger partial charge is 0.356 e. The number of rotatable bonds is 5. The van der Waals surface area contributed by atoms with Gasteiger partial charge in [0.1, 0.15) is 5.82 Å². The van der Waals surface area contributed by atoms with Crippen molar-refractivity contribution in [3.8, 4) is 5.75 Å². The minimum Gasteiger partial charge on any atom is -0.356 e. The van der Waals surface area contributed by atoms with Crippen molar-refractivity contribution in [2.24, 2.45) is 5.16 Å². The van der Waals surface area contributed by atoms with E-state index in [9.17, 15) is 24.6 Å². The molecule has 2 aromatic carbocycles. The molecule has 0 aliphatic rings. The van der Waals surface area contributed by atoms with Gasteiger partial charge in [0, 0.05) is 0 Å². The van der Waals surface area contributed by atoms with Crippen LogP contribution < -0.4 is 4.84 Å². The van der Waals surface area contributed by atoms with Crippen molar-refractivity contribution >= 4 is 17.1 Å². The third-order valence-electron chi connectivity index (χ3n) is 2.85. The number of non-ortho nitro benzene ring substituents is 2. The van der Waals surface area contributed by atoms with Crippen molar-refractivity contribution in [3.63, 3.8) is 0 Å². The average Bonchev–Trinajstić information content (AvgIpc) is 2.52. The number of nitrogens with zero attached hydrogens (tertiary/aromatic N) is 3. The highest BCUT2D eigenvalue weighted by molar-refractivity contribution is 5.98. The van der Waals surface area contributed by atoms with E-state index in [0.29, 0.717) is 11.3 Å². The number of hydrogen-bond acceptors (Lipinski definition) is 6. The maximum absolute atomic E-state index is 12.8. The molecular weight excluding hydrogens is 309 g/mol. The number of halogens is 1. The summed E-state index contributed by atoms with van der Waals surface area (Å²) in [7, 11) is 0. The van der Waals surface area contributed by atoms with Crippen molar-refractivity contribution in [1.29, 1.82) is 0 Å². The summed E-state index contributed by atoms with van der Waals surface area (Å²) in [5, 5.41) is 25.3. The maximum Gasteiger partial charge on any atom is 0.280 e. The van der Waals surface area contributed by atoms with Gasteiger partial charge < -0.3 is 4.84 Å². The fourth-order valence-corrected chi connectivity index (χ4v) is 1.70. The van der Waals surface area contributed by atoms with E-state index in [2.05, 4.69) is 5.16 Å². The predicted octanol–water partition coefficient (Wildman–Crippen LogP) is 3.45. The van der Waals surface area contributed by atoms with Gasteiger partial charge in [-0.25, -0.2) is 4.39 Å². The number of hydrogen-bond donors (Lipinski definition) is 0. The highest BCUT2D eigenvalue weighted by Gasteiger charge is 2.17. The Morgan fingerprint density at radius 3 is 2.04 bits per heavy atom. The molecule has 0 unspecified atom stereocenters. The zero-order chi connectivity index (χ0) is 17.0. The van der Waals surface area contributed by atoms with Crippen molar-refractivity contribution in [2.45, 2.75) is 6.92 Å². The SMILES string of the molecule is CC(=NOc1cc([N+](=O)[O-])cc([N+](=O)[O-])c1)c1ccc(F)cc1. The van der Waals surface area contributed by atoms with Crippen molar-refractivity contribution in [1.82, 2.24) is 0 Å². The molecule has 0 N–H and O–H groups in total. The van der Waals surface area contributed by atoms with Crippen LogP contribution in [-0.4, -0.2) is 15.6 Å². The van der Waals surface area contributed by atoms with E-state index in [-0.39, 0.29) is 5.75 Å². The number of benzene rings is 2. The molecular formula is C14H10FN3O5. The second-order valence-electron chi connectivity index (χ2n) is 4.47. The fraction of sp³-hybridized carbons (Fsp3) is 0.0714. The molecule has 0 aliphatic carbocycles. The summed E-state index contributed by atoms with van der Waals surface area (Å²) in [5.41, 5.74) is -0.0156. The van der Waals surface area contributed by atoms with Crippen LogP contribution in [0.15, 0.2) is 47.6 Å². The summed E-state index contributed by atoms with van der Waals surface area (Å²) in [6.07, 6.45) is 0. The lowest BCUT2D eigenvalue weighted by molar-refractivity contribution is -0.394. The molecule has 9 heteroatoms. The van der Waals surface area contributed by atoms with Gasteiger partial charge in [0.15, 0.2) is 5.75 Å². The molecule has 8 nitrogen and oxygen atoms in total. The van der Waals surface area contributed by atoms with Crippen LogP contribution in [-0.2, 0) is 0 Å². The Labute approximate surface area is 129 Å². The van der Waals surface area contributed by atoms with Gasteiger partial charge in [0.25, 0.3) is 11.4 Å². The Morgan fingerprint density at radius 1 is 1.04 bits per heavy atom. The van der Waals surface area contributed by atoms with Gasteiger partial charge in [-0.05, 0) is 24.6 Å². The van der Waals surface area contributed by atoms with E-state index in [1.165, 1.54) is 24.3 Å². The standard InChI is InChI=1S/C14H10FN3O5/c1-9(10-2-4-11(15)5-3-10)16-23-14-7-12(17(19)20)6-13(8-14)18(21)22/h2-8H,1H3. The van der Waals surface area contributed by atoms with Crippen LogP contribution in [0.1, 0.15) is 12.5 Å². The third-order valence-corrected chi connectivity index (χ3v) is 2.85. The molecule has 0 bridgehead atoms. The first-order valence-corrected chi connectivity index (χ1v) is 6.28. The van der Waals surface area contributed by atoms with Crippen LogP contribution in [0.5, 0.6) is 5.75 Å². The smallest absolute Gasteiger partial charge is 0.280 e. The second kappa shape index (κ2) is 6.60. The molecule has 0 aromatic heterocycles. The monoisotopic (exact) mass is 319 g/mol. The molecule has 0 aliphatic heterocycles. The molecule has 0 saturated heterocycles. The van der Waals surface area contributed by atoms with E-state index in [4.69, 9.17) is 4.84 Å². The minimum atomic E-state index is -0.767. The zero-order valence-electron chi connectivity index (χ0n) is 11.8. The highest BCUT2D eigenvalue weighted by Crippen LogP contribution is 2.27. The molecule has 0 fully saturated rings. The van der Waals surface area contributed by atoms with Crippen LogP contribution >= 0.6 is 0 Å². The number of oxime groups is 1. The highest BCUT2D eigenvalue weighted by atomic mass is 19.1. The Morgan fingerprint density at radius 2 is 1.57 bits per heavy atom. The van der Waals surface area contributed by atoms with Gasteiger partial charge in [-0.15, -0.1) is 0 Å². The second-order valence-corrected chi connectivity index (χ2v) is 4.47. The quantitative estimate of drug-likeness (QED) is 0.476. The topological polar surface area (TPSA) is 108 Å². The van der Waals surface area contributed by atoms with E-state index in [0.717, 1.165) is 18.2 Å². The molecule has 0 amide bonds. The van der Waals surface area contributed by atoms with Gasteiger partial charge in [0.05, 0.1) is 33.8 Å². The lowest BCUT2D eigenvalue weighted by Crippen LogP contribution is -1.99. The fourth-order valence-electron chi connectivity index (χ4n) is 1.70. The normalized spacial score (nSPS) is 11.1. The summed E-state index contributed by atoms with van der Waals surface area (Å²) in [4.78, 5) is 25.0. The Kier molecular flexibility index (Phi) is 4.60. The number of nitro benzene ring substituents is 2. The molecule has 2 rings (SSSR count). The Bertz CT molecular complexity index is 757. The van der Waals surface area contributed by atoms with Crippen molar-refractivity contribution in [2.75, 3.05) is 0 Å². The van der Waals surface area contributed by atoms with Crippen LogP contribution in [0.25, 0.3) is 0 Å². The first-order valence-electron chi connectivity index (χ1n) is 6.28. The molecule has 0 spiro atoms. The Hall–Kier alpha value is -3.36. The van der Waals surface area contributed by atoms with Crippen molar-refractivity contribution < 1.29 is 19.1 Å². The first-order chi connectivity index (χ1) is 10.9. The van der Waals surface area contributed by atoms with E-state index < -0.39 is 27.0 Å². The molecule has 118 valence electrons. The molecule has 0 saturated carbocycles. The lowest BCUT2D eigenvalue weighted by atomic mass is 10.1.